The van der Waals surface area contributed by atoms with Gasteiger partial charge in [0.2, 0.25) is 0 Å². The van der Waals surface area contributed by atoms with Gasteiger partial charge in [-0.05, 0) is 29.7 Å². The van der Waals surface area contributed by atoms with E-state index in [9.17, 15) is 0 Å². The molecule has 1 aromatic rings. The van der Waals surface area contributed by atoms with Crippen LogP contribution in [0.5, 0.6) is 5.75 Å². The zero-order valence-corrected chi connectivity index (χ0v) is 14.2. The Hall–Kier alpha value is -0.580. The van der Waals surface area contributed by atoms with Crippen molar-refractivity contribution in [2.24, 2.45) is 5.41 Å². The van der Waals surface area contributed by atoms with Gasteiger partial charge in [-0.3, -0.25) is 4.90 Å². The predicted octanol–water partition coefficient (Wildman–Crippen LogP) is 3.15. The van der Waals surface area contributed by atoms with Crippen molar-refractivity contribution in [2.45, 2.75) is 26.8 Å². The molecule has 1 saturated heterocycles. The Kier molecular flexibility index (Phi) is 5.47. The summed E-state index contributed by atoms with van der Waals surface area (Å²) in [5.41, 5.74) is 0.311. The van der Waals surface area contributed by atoms with E-state index in [2.05, 4.69) is 46.9 Å². The molecule has 4 heteroatoms. The second-order valence-electron chi connectivity index (χ2n) is 6.48. The lowest BCUT2D eigenvalue weighted by Crippen LogP contribution is -2.56. The van der Waals surface area contributed by atoms with Gasteiger partial charge in [0.05, 0.1) is 0 Å². The van der Waals surface area contributed by atoms with Crippen LogP contribution in [0.1, 0.15) is 20.8 Å². The fraction of sp³-hybridized carbons (Fsp3) is 0.625. The van der Waals surface area contributed by atoms with Gasteiger partial charge < -0.3 is 10.1 Å². The topological polar surface area (TPSA) is 24.5 Å². The lowest BCUT2D eigenvalue weighted by Gasteiger charge is -2.40. The maximum atomic E-state index is 5.80. The van der Waals surface area contributed by atoms with Crippen molar-refractivity contribution >= 4 is 15.9 Å². The summed E-state index contributed by atoms with van der Waals surface area (Å²) in [5, 5.41) is 3.62. The number of piperazine rings is 1. The smallest absolute Gasteiger partial charge is 0.119 e. The first kappa shape index (κ1) is 15.8. The SMILES string of the molecule is CC(C)(C)C1CN(CCOc2ccc(Br)cc2)CCN1. The maximum Gasteiger partial charge on any atom is 0.119 e. The van der Waals surface area contributed by atoms with E-state index in [1.807, 2.05) is 24.3 Å². The summed E-state index contributed by atoms with van der Waals surface area (Å²) >= 11 is 3.43. The van der Waals surface area contributed by atoms with Crippen LogP contribution in [-0.4, -0.2) is 43.7 Å². The van der Waals surface area contributed by atoms with E-state index in [0.29, 0.717) is 11.5 Å². The summed E-state index contributed by atoms with van der Waals surface area (Å²) in [6.07, 6.45) is 0. The summed E-state index contributed by atoms with van der Waals surface area (Å²) in [5.74, 6) is 0.940. The molecule has 1 aliphatic rings. The van der Waals surface area contributed by atoms with Gasteiger partial charge in [-0.1, -0.05) is 36.7 Å². The molecule has 0 aromatic heterocycles. The van der Waals surface area contributed by atoms with Crippen molar-refractivity contribution < 1.29 is 4.74 Å². The molecule has 1 aromatic carbocycles. The summed E-state index contributed by atoms with van der Waals surface area (Å²) in [4.78, 5) is 2.49. The van der Waals surface area contributed by atoms with E-state index < -0.39 is 0 Å². The Morgan fingerprint density at radius 1 is 1.30 bits per heavy atom. The molecule has 1 fully saturated rings. The molecule has 20 heavy (non-hydrogen) atoms. The largest absolute Gasteiger partial charge is 0.492 e. The predicted molar refractivity (Wildman–Crippen MR) is 87.3 cm³/mol. The normalized spacial score (nSPS) is 20.9. The molecule has 0 amide bonds. The first-order valence-corrected chi connectivity index (χ1v) is 8.08. The molecule has 0 aliphatic carbocycles. The standard InChI is InChI=1S/C16H25BrN2O/c1-16(2,3)15-12-19(9-8-18-15)10-11-20-14-6-4-13(17)5-7-14/h4-7,15,18H,8-12H2,1-3H3. The highest BCUT2D eigenvalue weighted by atomic mass is 79.9. The molecule has 1 heterocycles. The van der Waals surface area contributed by atoms with Crippen molar-refractivity contribution in [1.29, 1.82) is 0 Å². The van der Waals surface area contributed by atoms with Crippen molar-refractivity contribution in [3.05, 3.63) is 28.7 Å². The lowest BCUT2D eigenvalue weighted by atomic mass is 9.85. The number of nitrogens with zero attached hydrogens (tertiary/aromatic N) is 1. The Bertz CT molecular complexity index is 413. The molecule has 1 aliphatic heterocycles. The van der Waals surface area contributed by atoms with Crippen LogP contribution >= 0.6 is 15.9 Å². The first-order chi connectivity index (χ1) is 9.45. The molecule has 1 unspecified atom stereocenters. The molecular formula is C16H25BrN2O. The maximum absolute atomic E-state index is 5.80. The number of rotatable bonds is 4. The Morgan fingerprint density at radius 3 is 2.65 bits per heavy atom. The van der Waals surface area contributed by atoms with Crippen LogP contribution < -0.4 is 10.1 Å². The fourth-order valence-electron chi connectivity index (χ4n) is 2.42. The van der Waals surface area contributed by atoms with Gasteiger partial charge in [0.25, 0.3) is 0 Å². The molecule has 1 atom stereocenters. The van der Waals surface area contributed by atoms with E-state index in [0.717, 1.165) is 43.0 Å². The van der Waals surface area contributed by atoms with E-state index in [1.54, 1.807) is 0 Å². The van der Waals surface area contributed by atoms with Crippen LogP contribution in [0.25, 0.3) is 0 Å². The van der Waals surface area contributed by atoms with Crippen LogP contribution in [-0.2, 0) is 0 Å². The van der Waals surface area contributed by atoms with E-state index in [-0.39, 0.29) is 0 Å². The Morgan fingerprint density at radius 2 is 2.00 bits per heavy atom. The van der Waals surface area contributed by atoms with Crippen LogP contribution in [0.15, 0.2) is 28.7 Å². The second kappa shape index (κ2) is 6.92. The van der Waals surface area contributed by atoms with Crippen molar-refractivity contribution in [2.75, 3.05) is 32.8 Å². The Labute approximate surface area is 130 Å². The summed E-state index contributed by atoms with van der Waals surface area (Å²) < 4.78 is 6.88. The van der Waals surface area contributed by atoms with Crippen LogP contribution in [0.3, 0.4) is 0 Å². The average molecular weight is 341 g/mol. The van der Waals surface area contributed by atoms with Crippen molar-refractivity contribution in [1.82, 2.24) is 10.2 Å². The van der Waals surface area contributed by atoms with Gasteiger partial charge in [-0.25, -0.2) is 0 Å². The molecular weight excluding hydrogens is 316 g/mol. The minimum Gasteiger partial charge on any atom is -0.492 e. The second-order valence-corrected chi connectivity index (χ2v) is 7.39. The third-order valence-corrected chi connectivity index (χ3v) is 4.32. The average Bonchev–Trinajstić information content (AvgIpc) is 2.40. The number of halogens is 1. The molecule has 0 spiro atoms. The summed E-state index contributed by atoms with van der Waals surface area (Å²) in [6, 6.07) is 8.58. The molecule has 0 saturated carbocycles. The number of hydrogen-bond acceptors (Lipinski definition) is 3. The quantitative estimate of drug-likeness (QED) is 0.911. The highest BCUT2D eigenvalue weighted by Crippen LogP contribution is 2.21. The first-order valence-electron chi connectivity index (χ1n) is 7.29. The highest BCUT2D eigenvalue weighted by molar-refractivity contribution is 9.10. The number of benzene rings is 1. The van der Waals surface area contributed by atoms with Gasteiger partial charge in [0.1, 0.15) is 12.4 Å². The summed E-state index contributed by atoms with van der Waals surface area (Å²) in [6.45, 7) is 11.9. The van der Waals surface area contributed by atoms with Gasteiger partial charge >= 0.3 is 0 Å². The number of hydrogen-bond donors (Lipinski definition) is 1. The lowest BCUT2D eigenvalue weighted by molar-refractivity contribution is 0.118. The molecule has 0 radical (unpaired) electrons. The zero-order valence-electron chi connectivity index (χ0n) is 12.7. The number of ether oxygens (including phenoxy) is 1. The monoisotopic (exact) mass is 340 g/mol. The zero-order chi connectivity index (χ0) is 14.6. The minimum atomic E-state index is 0.311. The third kappa shape index (κ3) is 4.76. The Balaban J connectivity index is 1.75. The van der Waals surface area contributed by atoms with E-state index in [4.69, 9.17) is 4.74 Å². The number of nitrogens with one attached hydrogen (secondary N) is 1. The summed E-state index contributed by atoms with van der Waals surface area (Å²) in [7, 11) is 0. The molecule has 112 valence electrons. The molecule has 3 nitrogen and oxygen atoms in total. The molecule has 1 N–H and O–H groups in total. The van der Waals surface area contributed by atoms with Crippen LogP contribution in [0.4, 0.5) is 0 Å². The van der Waals surface area contributed by atoms with Crippen LogP contribution in [0.2, 0.25) is 0 Å². The molecule has 2 rings (SSSR count). The van der Waals surface area contributed by atoms with Crippen LogP contribution in [0, 0.1) is 5.41 Å². The van der Waals surface area contributed by atoms with Gasteiger partial charge in [-0.2, -0.15) is 0 Å². The van der Waals surface area contributed by atoms with Gasteiger partial charge in [0.15, 0.2) is 0 Å². The van der Waals surface area contributed by atoms with Gasteiger partial charge in [-0.15, -0.1) is 0 Å². The highest BCUT2D eigenvalue weighted by Gasteiger charge is 2.28. The fourth-order valence-corrected chi connectivity index (χ4v) is 2.68. The van der Waals surface area contributed by atoms with E-state index >= 15 is 0 Å². The van der Waals surface area contributed by atoms with Gasteiger partial charge in [0, 0.05) is 36.7 Å². The van der Waals surface area contributed by atoms with Crippen molar-refractivity contribution in [3.8, 4) is 5.75 Å². The molecule has 0 bridgehead atoms. The van der Waals surface area contributed by atoms with E-state index in [1.165, 1.54) is 0 Å². The third-order valence-electron chi connectivity index (χ3n) is 3.79. The van der Waals surface area contributed by atoms with Crippen molar-refractivity contribution in [3.63, 3.8) is 0 Å². The minimum absolute atomic E-state index is 0.311.